The Morgan fingerprint density at radius 2 is 2.00 bits per heavy atom. The normalized spacial score (nSPS) is 19.8. The van der Waals surface area contributed by atoms with E-state index in [0.717, 1.165) is 37.8 Å². The van der Waals surface area contributed by atoms with E-state index in [1.807, 2.05) is 19.2 Å². The van der Waals surface area contributed by atoms with Crippen LogP contribution in [0.25, 0.3) is 0 Å². The van der Waals surface area contributed by atoms with E-state index >= 15 is 0 Å². The number of aliphatic hydroxyl groups is 1. The Balaban J connectivity index is 2.05. The summed E-state index contributed by atoms with van der Waals surface area (Å²) in [6, 6.07) is 4.13. The van der Waals surface area contributed by atoms with Gasteiger partial charge in [0.25, 0.3) is 0 Å². The summed E-state index contributed by atoms with van der Waals surface area (Å²) in [5, 5.41) is 10.7. The van der Waals surface area contributed by atoms with Gasteiger partial charge < -0.3 is 9.84 Å². The van der Waals surface area contributed by atoms with Crippen LogP contribution in [0.1, 0.15) is 57.2 Å². The molecular formula is C17H27NO2. The van der Waals surface area contributed by atoms with Gasteiger partial charge in [-0.1, -0.05) is 32.3 Å². The molecule has 0 saturated heterocycles. The summed E-state index contributed by atoms with van der Waals surface area (Å²) in [5.74, 6) is 0. The number of pyridine rings is 1. The first-order valence-electron chi connectivity index (χ1n) is 7.96. The summed E-state index contributed by atoms with van der Waals surface area (Å²) in [5.41, 5.74) is 1.85. The number of ether oxygens (including phenoxy) is 1. The highest BCUT2D eigenvalue weighted by Gasteiger charge is 2.39. The quantitative estimate of drug-likeness (QED) is 0.867. The Bertz CT molecular complexity index is 390. The molecule has 1 N–H and O–H groups in total. The molecule has 0 aromatic carbocycles. The predicted octanol–water partition coefficient (Wildman–Crippen LogP) is 3.29. The highest BCUT2D eigenvalue weighted by atomic mass is 16.5. The van der Waals surface area contributed by atoms with E-state index in [2.05, 4.69) is 18.0 Å². The molecule has 1 aliphatic rings. The van der Waals surface area contributed by atoms with E-state index in [4.69, 9.17) is 4.74 Å². The molecule has 1 unspecified atom stereocenters. The monoisotopic (exact) mass is 277 g/mol. The van der Waals surface area contributed by atoms with Crippen LogP contribution in [0.2, 0.25) is 0 Å². The van der Waals surface area contributed by atoms with Crippen molar-refractivity contribution < 1.29 is 9.84 Å². The smallest absolute Gasteiger partial charge is 0.0943 e. The van der Waals surface area contributed by atoms with E-state index in [1.54, 1.807) is 0 Å². The van der Waals surface area contributed by atoms with Crippen molar-refractivity contribution in [3.05, 3.63) is 29.6 Å². The van der Waals surface area contributed by atoms with Crippen LogP contribution in [0.4, 0.5) is 0 Å². The lowest BCUT2D eigenvalue weighted by Gasteiger charge is -2.40. The number of hydrogen-bond donors (Lipinski definition) is 1. The van der Waals surface area contributed by atoms with Crippen molar-refractivity contribution in [3.63, 3.8) is 0 Å². The predicted molar refractivity (Wildman–Crippen MR) is 80.8 cm³/mol. The molecule has 0 aliphatic heterocycles. The SMILES string of the molecule is CCOC1(C(O)Cc2ccc(CC)cn2)CCCCC1. The number of aliphatic hydroxyl groups excluding tert-OH is 1. The first kappa shape index (κ1) is 15.5. The van der Waals surface area contributed by atoms with Crippen LogP contribution in [0.15, 0.2) is 18.3 Å². The van der Waals surface area contributed by atoms with E-state index in [9.17, 15) is 5.11 Å². The summed E-state index contributed by atoms with van der Waals surface area (Å²) in [7, 11) is 0. The maximum atomic E-state index is 10.7. The van der Waals surface area contributed by atoms with Crippen molar-refractivity contribution >= 4 is 0 Å². The Morgan fingerprint density at radius 3 is 2.55 bits per heavy atom. The van der Waals surface area contributed by atoms with Gasteiger partial charge in [-0.2, -0.15) is 0 Å². The molecule has 2 rings (SSSR count). The molecule has 1 fully saturated rings. The molecule has 1 aromatic rings. The van der Waals surface area contributed by atoms with Gasteiger partial charge in [-0.3, -0.25) is 4.98 Å². The Hall–Kier alpha value is -0.930. The third-order valence-electron chi connectivity index (χ3n) is 4.44. The second kappa shape index (κ2) is 7.19. The molecule has 0 bridgehead atoms. The molecular weight excluding hydrogens is 250 g/mol. The molecule has 1 aliphatic carbocycles. The second-order valence-electron chi connectivity index (χ2n) is 5.79. The molecule has 0 amide bonds. The second-order valence-corrected chi connectivity index (χ2v) is 5.79. The van der Waals surface area contributed by atoms with Crippen molar-refractivity contribution in [1.82, 2.24) is 4.98 Å². The Labute approximate surface area is 122 Å². The van der Waals surface area contributed by atoms with Crippen LogP contribution in [-0.4, -0.2) is 28.4 Å². The van der Waals surface area contributed by atoms with Gasteiger partial charge in [-0.15, -0.1) is 0 Å². The highest BCUT2D eigenvalue weighted by molar-refractivity contribution is 5.15. The van der Waals surface area contributed by atoms with E-state index in [-0.39, 0.29) is 5.60 Å². The summed E-state index contributed by atoms with van der Waals surface area (Å²) < 4.78 is 5.97. The maximum Gasteiger partial charge on any atom is 0.0943 e. The van der Waals surface area contributed by atoms with Gasteiger partial charge >= 0.3 is 0 Å². The van der Waals surface area contributed by atoms with Crippen molar-refractivity contribution in [2.24, 2.45) is 0 Å². The molecule has 20 heavy (non-hydrogen) atoms. The van der Waals surface area contributed by atoms with Crippen molar-refractivity contribution in [2.75, 3.05) is 6.61 Å². The number of aryl methyl sites for hydroxylation is 1. The molecule has 1 aromatic heterocycles. The number of aromatic nitrogens is 1. The highest BCUT2D eigenvalue weighted by Crippen LogP contribution is 2.35. The maximum absolute atomic E-state index is 10.7. The number of rotatable bonds is 6. The average Bonchev–Trinajstić information content (AvgIpc) is 2.49. The lowest BCUT2D eigenvalue weighted by atomic mass is 9.79. The summed E-state index contributed by atoms with van der Waals surface area (Å²) in [6.07, 6.45) is 8.54. The number of nitrogens with zero attached hydrogens (tertiary/aromatic N) is 1. The number of hydrogen-bond acceptors (Lipinski definition) is 3. The zero-order valence-electron chi connectivity index (χ0n) is 12.8. The third kappa shape index (κ3) is 3.58. The van der Waals surface area contributed by atoms with Crippen LogP contribution < -0.4 is 0 Å². The van der Waals surface area contributed by atoms with Crippen molar-refractivity contribution in [1.29, 1.82) is 0 Å². The fourth-order valence-corrected chi connectivity index (χ4v) is 3.18. The fraction of sp³-hybridized carbons (Fsp3) is 0.706. The molecule has 0 spiro atoms. The van der Waals surface area contributed by atoms with Gasteiger partial charge in [0.1, 0.15) is 0 Å². The molecule has 1 heterocycles. The van der Waals surface area contributed by atoms with Gasteiger partial charge in [-0.05, 0) is 37.8 Å². The van der Waals surface area contributed by atoms with Gasteiger partial charge in [-0.25, -0.2) is 0 Å². The average molecular weight is 277 g/mol. The van der Waals surface area contributed by atoms with Gasteiger partial charge in [0.05, 0.1) is 11.7 Å². The molecule has 3 heteroatoms. The Morgan fingerprint density at radius 1 is 1.25 bits per heavy atom. The lowest BCUT2D eigenvalue weighted by Crippen LogP contribution is -2.47. The van der Waals surface area contributed by atoms with Crippen molar-refractivity contribution in [2.45, 2.75) is 70.5 Å². The minimum atomic E-state index is -0.456. The molecule has 1 saturated carbocycles. The van der Waals surface area contributed by atoms with Crippen LogP contribution >= 0.6 is 0 Å². The lowest BCUT2D eigenvalue weighted by molar-refractivity contribution is -0.139. The first-order valence-corrected chi connectivity index (χ1v) is 7.96. The Kier molecular flexibility index (Phi) is 5.55. The van der Waals surface area contributed by atoms with E-state index in [1.165, 1.54) is 12.0 Å². The molecule has 1 atom stereocenters. The minimum Gasteiger partial charge on any atom is -0.390 e. The van der Waals surface area contributed by atoms with Gasteiger partial charge in [0.2, 0.25) is 0 Å². The van der Waals surface area contributed by atoms with Crippen LogP contribution in [0.3, 0.4) is 0 Å². The molecule has 0 radical (unpaired) electrons. The molecule has 3 nitrogen and oxygen atoms in total. The zero-order valence-corrected chi connectivity index (χ0v) is 12.8. The summed E-state index contributed by atoms with van der Waals surface area (Å²) in [6.45, 7) is 4.80. The summed E-state index contributed by atoms with van der Waals surface area (Å²) in [4.78, 5) is 4.46. The van der Waals surface area contributed by atoms with Crippen LogP contribution in [-0.2, 0) is 17.6 Å². The minimum absolute atomic E-state index is 0.349. The standard InChI is InChI=1S/C17H27NO2/c1-3-14-8-9-15(18-13-14)12-16(19)17(20-4-2)10-6-5-7-11-17/h8-9,13,16,19H,3-7,10-12H2,1-2H3. The van der Waals surface area contributed by atoms with Crippen LogP contribution in [0.5, 0.6) is 0 Å². The van der Waals surface area contributed by atoms with Crippen LogP contribution in [0, 0.1) is 0 Å². The van der Waals surface area contributed by atoms with E-state index < -0.39 is 6.10 Å². The summed E-state index contributed by atoms with van der Waals surface area (Å²) >= 11 is 0. The topological polar surface area (TPSA) is 42.4 Å². The largest absolute Gasteiger partial charge is 0.390 e. The zero-order chi connectivity index (χ0) is 14.4. The van der Waals surface area contributed by atoms with Gasteiger partial charge in [0.15, 0.2) is 0 Å². The molecule has 112 valence electrons. The fourth-order valence-electron chi connectivity index (χ4n) is 3.18. The van der Waals surface area contributed by atoms with Gasteiger partial charge in [0, 0.05) is 24.9 Å². The van der Waals surface area contributed by atoms with E-state index in [0.29, 0.717) is 13.0 Å². The first-order chi connectivity index (χ1) is 9.70. The third-order valence-corrected chi connectivity index (χ3v) is 4.44. The van der Waals surface area contributed by atoms with Crippen molar-refractivity contribution in [3.8, 4) is 0 Å².